The van der Waals surface area contributed by atoms with Crippen molar-refractivity contribution in [2.24, 2.45) is 5.73 Å². The molecule has 1 aliphatic heterocycles. The molecule has 0 unspecified atom stereocenters. The minimum atomic E-state index is -4.58. The summed E-state index contributed by atoms with van der Waals surface area (Å²) in [6.07, 6.45) is -2.28. The van der Waals surface area contributed by atoms with Crippen molar-refractivity contribution < 1.29 is 22.7 Å². The monoisotopic (exact) mass is 411 g/mol. The molecule has 0 fully saturated rings. The first-order valence-electron chi connectivity index (χ1n) is 7.84. The lowest BCUT2D eigenvalue weighted by atomic mass is 10.2. The molecule has 0 atom stereocenters. The molecule has 0 saturated carbocycles. The zero-order valence-electron chi connectivity index (χ0n) is 14.1. The molecule has 1 aromatic heterocycles. The van der Waals surface area contributed by atoms with Gasteiger partial charge in [0.05, 0.1) is 23.5 Å². The maximum Gasteiger partial charge on any atom is 0.419 e. The number of para-hydroxylation sites is 1. The van der Waals surface area contributed by atoms with Crippen molar-refractivity contribution in [1.82, 2.24) is 14.9 Å². The van der Waals surface area contributed by atoms with Gasteiger partial charge in [0.1, 0.15) is 10.8 Å². The van der Waals surface area contributed by atoms with Crippen molar-refractivity contribution in [3.63, 3.8) is 0 Å². The summed E-state index contributed by atoms with van der Waals surface area (Å²) in [5.41, 5.74) is 5.44. The number of hydrogen-bond donors (Lipinski definition) is 2. The Balaban J connectivity index is 1.86. The Kier molecular flexibility index (Phi) is 5.23. The third-order valence-corrected chi connectivity index (χ3v) is 4.33. The Morgan fingerprint density at radius 3 is 2.68 bits per heavy atom. The summed E-state index contributed by atoms with van der Waals surface area (Å²) in [6, 6.07) is 4.49. The van der Waals surface area contributed by atoms with Crippen molar-refractivity contribution >= 4 is 23.7 Å². The van der Waals surface area contributed by atoms with Gasteiger partial charge in [0.15, 0.2) is 0 Å². The fraction of sp³-hybridized carbons (Fsp3) is 0.176. The number of primary amides is 1. The second-order valence-electron chi connectivity index (χ2n) is 5.78. The molecular formula is C17H13ClF3N5O2. The number of alkyl halides is 3. The zero-order valence-corrected chi connectivity index (χ0v) is 14.9. The fourth-order valence-electron chi connectivity index (χ4n) is 2.66. The van der Waals surface area contributed by atoms with Crippen molar-refractivity contribution in [3.05, 3.63) is 58.0 Å². The highest BCUT2D eigenvalue weighted by molar-refractivity contribution is 6.43. The van der Waals surface area contributed by atoms with Crippen LogP contribution in [-0.4, -0.2) is 27.0 Å². The predicted octanol–water partition coefficient (Wildman–Crippen LogP) is 3.19. The molecule has 11 heteroatoms. The largest absolute Gasteiger partial charge is 0.424 e. The molecule has 3 N–H and O–H groups in total. The van der Waals surface area contributed by atoms with E-state index in [1.807, 2.05) is 0 Å². The molecule has 0 radical (unpaired) electrons. The normalized spacial score (nSPS) is 14.4. The first-order chi connectivity index (χ1) is 13.2. The Morgan fingerprint density at radius 1 is 1.32 bits per heavy atom. The van der Waals surface area contributed by atoms with Crippen LogP contribution < -0.4 is 10.5 Å². The van der Waals surface area contributed by atoms with Gasteiger partial charge in [-0.1, -0.05) is 23.7 Å². The van der Waals surface area contributed by atoms with Gasteiger partial charge in [0.25, 0.3) is 5.91 Å². The number of ether oxygens (including phenoxy) is 1. The lowest BCUT2D eigenvalue weighted by molar-refractivity contribution is -0.138. The average molecular weight is 412 g/mol. The van der Waals surface area contributed by atoms with Crippen LogP contribution in [-0.2, 0) is 24.1 Å². The molecular weight excluding hydrogens is 399 g/mol. The van der Waals surface area contributed by atoms with E-state index in [0.29, 0.717) is 11.3 Å². The van der Waals surface area contributed by atoms with E-state index < -0.39 is 23.4 Å². The van der Waals surface area contributed by atoms with E-state index in [4.69, 9.17) is 27.5 Å². The number of hydrogen-bond acceptors (Lipinski definition) is 6. The Labute approximate surface area is 162 Å². The van der Waals surface area contributed by atoms with Gasteiger partial charge in [0, 0.05) is 24.5 Å². The van der Waals surface area contributed by atoms with E-state index in [-0.39, 0.29) is 29.8 Å². The van der Waals surface area contributed by atoms with Gasteiger partial charge in [-0.15, -0.1) is 0 Å². The van der Waals surface area contributed by atoms with Crippen LogP contribution in [0.3, 0.4) is 0 Å². The van der Waals surface area contributed by atoms with E-state index in [0.717, 1.165) is 12.3 Å². The number of nitrogens with one attached hydrogen (secondary N) is 1. The molecule has 0 bridgehead atoms. The van der Waals surface area contributed by atoms with E-state index in [1.165, 1.54) is 24.4 Å². The highest BCUT2D eigenvalue weighted by atomic mass is 35.5. The number of fused-ring (bicyclic) bond motifs is 1. The number of aromatic nitrogens is 2. The predicted molar refractivity (Wildman–Crippen MR) is 93.7 cm³/mol. The minimum Gasteiger partial charge on any atom is -0.424 e. The van der Waals surface area contributed by atoms with E-state index in [1.54, 1.807) is 4.90 Å². The van der Waals surface area contributed by atoms with Crippen molar-refractivity contribution in [2.45, 2.75) is 19.3 Å². The average Bonchev–Trinajstić information content (AvgIpc) is 3.04. The fourth-order valence-corrected chi connectivity index (χ4v) is 2.84. The SMILES string of the molecule is N=C/C(=C(/Cl)C(N)=O)N1Cc2cnc(Oc3ccccc3C(F)(F)F)nc2C1. The maximum absolute atomic E-state index is 13.1. The van der Waals surface area contributed by atoms with Crippen LogP contribution >= 0.6 is 11.6 Å². The highest BCUT2D eigenvalue weighted by Crippen LogP contribution is 2.37. The highest BCUT2D eigenvalue weighted by Gasteiger charge is 2.34. The number of nitrogens with two attached hydrogens (primary N) is 1. The summed E-state index contributed by atoms with van der Waals surface area (Å²) in [7, 11) is 0. The number of carbonyl (C=O) groups excluding carboxylic acids is 1. The Hall–Kier alpha value is -3.14. The number of benzene rings is 1. The minimum absolute atomic E-state index is 0.108. The summed E-state index contributed by atoms with van der Waals surface area (Å²) in [5.74, 6) is -1.29. The first kappa shape index (κ1) is 19.6. The lowest BCUT2D eigenvalue weighted by Crippen LogP contribution is -2.22. The van der Waals surface area contributed by atoms with Gasteiger partial charge in [0.2, 0.25) is 0 Å². The second kappa shape index (κ2) is 7.47. The third-order valence-electron chi connectivity index (χ3n) is 3.95. The number of amides is 1. The topological polar surface area (TPSA) is 105 Å². The summed E-state index contributed by atoms with van der Waals surface area (Å²) in [5, 5.41) is 7.14. The summed E-state index contributed by atoms with van der Waals surface area (Å²) < 4.78 is 44.5. The van der Waals surface area contributed by atoms with Gasteiger partial charge in [-0.25, -0.2) is 4.98 Å². The third kappa shape index (κ3) is 3.91. The smallest absolute Gasteiger partial charge is 0.419 e. The Morgan fingerprint density at radius 2 is 2.04 bits per heavy atom. The molecule has 146 valence electrons. The number of allylic oxidation sites excluding steroid dienone is 1. The number of nitrogens with zero attached hydrogens (tertiary/aromatic N) is 3. The first-order valence-corrected chi connectivity index (χ1v) is 8.22. The molecule has 28 heavy (non-hydrogen) atoms. The van der Waals surface area contributed by atoms with Crippen molar-refractivity contribution in [2.75, 3.05) is 0 Å². The van der Waals surface area contributed by atoms with Crippen LogP contribution in [0.25, 0.3) is 0 Å². The summed E-state index contributed by atoms with van der Waals surface area (Å²) in [4.78, 5) is 20.9. The number of halogens is 4. The molecule has 0 spiro atoms. The lowest BCUT2D eigenvalue weighted by Gasteiger charge is -2.18. The van der Waals surface area contributed by atoms with Gasteiger partial charge in [-0.05, 0) is 12.1 Å². The molecule has 3 rings (SSSR count). The molecule has 2 aromatic rings. The van der Waals surface area contributed by atoms with E-state index in [2.05, 4.69) is 9.97 Å². The van der Waals surface area contributed by atoms with Gasteiger partial charge in [-0.2, -0.15) is 18.2 Å². The molecule has 1 aliphatic rings. The number of rotatable bonds is 5. The molecule has 1 aromatic carbocycles. The van der Waals surface area contributed by atoms with Crippen molar-refractivity contribution in [3.8, 4) is 11.8 Å². The quantitative estimate of drug-likeness (QED) is 0.580. The van der Waals surface area contributed by atoms with Crippen LogP contribution in [0.5, 0.6) is 11.8 Å². The second-order valence-corrected chi connectivity index (χ2v) is 6.16. The Bertz CT molecular complexity index is 978. The molecule has 0 saturated heterocycles. The zero-order chi connectivity index (χ0) is 20.5. The van der Waals surface area contributed by atoms with Crippen LogP contribution in [0.15, 0.2) is 41.2 Å². The standard InChI is InChI=1S/C17H13ClF3N5O2/c18-14(15(23)27)12(5-22)26-7-9-6-24-16(25-11(9)8-26)28-13-4-2-1-3-10(13)17(19,20)21/h1-6,22H,7-8H2,(H2,23,27)/b14-12-,22-5?. The maximum atomic E-state index is 13.1. The van der Waals surface area contributed by atoms with Crippen LogP contribution in [0.4, 0.5) is 13.2 Å². The van der Waals surface area contributed by atoms with Gasteiger partial charge in [-0.3, -0.25) is 4.79 Å². The van der Waals surface area contributed by atoms with Crippen molar-refractivity contribution in [1.29, 1.82) is 5.41 Å². The van der Waals surface area contributed by atoms with Crippen LogP contribution in [0.2, 0.25) is 0 Å². The van der Waals surface area contributed by atoms with Crippen LogP contribution in [0, 0.1) is 5.41 Å². The van der Waals surface area contributed by atoms with Crippen LogP contribution in [0.1, 0.15) is 16.8 Å². The molecule has 0 aliphatic carbocycles. The van der Waals surface area contributed by atoms with E-state index in [9.17, 15) is 18.0 Å². The van der Waals surface area contributed by atoms with E-state index >= 15 is 0 Å². The summed E-state index contributed by atoms with van der Waals surface area (Å²) >= 11 is 5.85. The van der Waals surface area contributed by atoms with Gasteiger partial charge < -0.3 is 20.8 Å². The summed E-state index contributed by atoms with van der Waals surface area (Å²) in [6.45, 7) is 0.409. The molecule has 7 nitrogen and oxygen atoms in total. The molecule has 2 heterocycles. The number of carbonyl (C=O) groups is 1. The molecule has 1 amide bonds. The van der Waals surface area contributed by atoms with Gasteiger partial charge >= 0.3 is 12.2 Å².